The van der Waals surface area contributed by atoms with Gasteiger partial charge in [0, 0.05) is 30.1 Å². The van der Waals surface area contributed by atoms with Crippen LogP contribution in [0.3, 0.4) is 0 Å². The summed E-state index contributed by atoms with van der Waals surface area (Å²) in [4.78, 5) is 15.6. The predicted molar refractivity (Wildman–Crippen MR) is 79.5 cm³/mol. The van der Waals surface area contributed by atoms with Crippen LogP contribution in [0.15, 0.2) is 58.4 Å². The SMILES string of the molecule is CC(=O)O/N=C(\C)c1cn(-c2ccco2)c2ccccc12. The number of fused-ring (bicyclic) bond motifs is 1. The second-order valence-corrected chi connectivity index (χ2v) is 4.64. The van der Waals surface area contributed by atoms with E-state index in [4.69, 9.17) is 9.25 Å². The Morgan fingerprint density at radius 1 is 1.19 bits per heavy atom. The zero-order valence-electron chi connectivity index (χ0n) is 11.7. The molecule has 0 fully saturated rings. The topological polar surface area (TPSA) is 56.7 Å². The smallest absolute Gasteiger partial charge is 0.331 e. The van der Waals surface area contributed by atoms with Crippen LogP contribution in [0.4, 0.5) is 0 Å². The molecule has 0 saturated heterocycles. The molecule has 0 radical (unpaired) electrons. The van der Waals surface area contributed by atoms with Gasteiger partial charge in [-0.25, -0.2) is 4.79 Å². The summed E-state index contributed by atoms with van der Waals surface area (Å²) < 4.78 is 7.40. The van der Waals surface area contributed by atoms with E-state index in [1.165, 1.54) is 6.92 Å². The maximum atomic E-state index is 10.9. The summed E-state index contributed by atoms with van der Waals surface area (Å²) in [6, 6.07) is 11.6. The van der Waals surface area contributed by atoms with Gasteiger partial charge in [0.15, 0.2) is 0 Å². The molecule has 0 saturated carbocycles. The van der Waals surface area contributed by atoms with E-state index < -0.39 is 5.97 Å². The fourth-order valence-electron chi connectivity index (χ4n) is 2.24. The highest BCUT2D eigenvalue weighted by molar-refractivity contribution is 6.10. The molecule has 3 aromatic rings. The van der Waals surface area contributed by atoms with Crippen LogP contribution >= 0.6 is 0 Å². The number of carbonyl (C=O) groups is 1. The first kappa shape index (κ1) is 13.2. The summed E-state index contributed by atoms with van der Waals surface area (Å²) in [6.45, 7) is 3.13. The van der Waals surface area contributed by atoms with Crippen LogP contribution in [-0.2, 0) is 9.63 Å². The number of para-hydroxylation sites is 1. The van der Waals surface area contributed by atoms with E-state index in [9.17, 15) is 4.79 Å². The molecule has 0 aliphatic carbocycles. The number of hydrogen-bond acceptors (Lipinski definition) is 4. The zero-order valence-corrected chi connectivity index (χ0v) is 11.7. The van der Waals surface area contributed by atoms with E-state index in [2.05, 4.69) is 5.16 Å². The van der Waals surface area contributed by atoms with Crippen molar-refractivity contribution >= 4 is 22.6 Å². The van der Waals surface area contributed by atoms with Gasteiger partial charge in [0.05, 0.1) is 17.5 Å². The lowest BCUT2D eigenvalue weighted by Gasteiger charge is -1.99. The number of carbonyl (C=O) groups excluding carboxylic acids is 1. The summed E-state index contributed by atoms with van der Waals surface area (Å²) in [5.74, 6) is 0.279. The van der Waals surface area contributed by atoms with E-state index in [1.54, 1.807) is 13.2 Å². The van der Waals surface area contributed by atoms with Crippen LogP contribution in [0.2, 0.25) is 0 Å². The summed E-state index contributed by atoms with van der Waals surface area (Å²) in [7, 11) is 0. The van der Waals surface area contributed by atoms with E-state index in [1.807, 2.05) is 47.2 Å². The Morgan fingerprint density at radius 3 is 2.71 bits per heavy atom. The molecule has 106 valence electrons. The van der Waals surface area contributed by atoms with Gasteiger partial charge in [0.25, 0.3) is 0 Å². The van der Waals surface area contributed by atoms with Gasteiger partial charge in [-0.05, 0) is 19.1 Å². The second-order valence-electron chi connectivity index (χ2n) is 4.64. The third kappa shape index (κ3) is 2.45. The van der Waals surface area contributed by atoms with Crippen molar-refractivity contribution in [3.05, 3.63) is 54.4 Å². The first-order valence-electron chi connectivity index (χ1n) is 6.53. The molecule has 0 spiro atoms. The molecule has 5 heteroatoms. The summed E-state index contributed by atoms with van der Waals surface area (Å²) in [6.07, 6.45) is 3.55. The van der Waals surface area contributed by atoms with E-state index >= 15 is 0 Å². The standard InChI is InChI=1S/C16H14N2O3/c1-11(17-21-12(2)19)14-10-18(16-8-5-9-20-16)15-7-4-3-6-13(14)15/h3-10H,1-2H3/b17-11+. The van der Waals surface area contributed by atoms with Crippen LogP contribution < -0.4 is 0 Å². The zero-order chi connectivity index (χ0) is 14.8. The number of hydrogen-bond donors (Lipinski definition) is 0. The largest absolute Gasteiger partial charge is 0.448 e. The number of nitrogens with zero attached hydrogens (tertiary/aromatic N) is 2. The lowest BCUT2D eigenvalue weighted by atomic mass is 10.1. The average molecular weight is 282 g/mol. The monoisotopic (exact) mass is 282 g/mol. The number of benzene rings is 1. The molecule has 0 amide bonds. The van der Waals surface area contributed by atoms with Gasteiger partial charge < -0.3 is 9.25 Å². The lowest BCUT2D eigenvalue weighted by molar-refractivity contribution is -0.140. The minimum atomic E-state index is -0.441. The summed E-state index contributed by atoms with van der Waals surface area (Å²) in [5.41, 5.74) is 2.52. The Bertz CT molecular complexity index is 813. The fraction of sp³-hybridized carbons (Fsp3) is 0.125. The molecular formula is C16H14N2O3. The average Bonchev–Trinajstić information content (AvgIpc) is 3.11. The maximum absolute atomic E-state index is 10.9. The highest BCUT2D eigenvalue weighted by Gasteiger charge is 2.13. The van der Waals surface area contributed by atoms with Crippen molar-refractivity contribution in [2.75, 3.05) is 0 Å². The van der Waals surface area contributed by atoms with Gasteiger partial charge in [0.2, 0.25) is 5.88 Å². The molecule has 0 N–H and O–H groups in total. The number of furan rings is 1. The van der Waals surface area contributed by atoms with Crippen molar-refractivity contribution in [2.45, 2.75) is 13.8 Å². The van der Waals surface area contributed by atoms with Crippen molar-refractivity contribution in [2.24, 2.45) is 5.16 Å². The molecule has 3 rings (SSSR count). The third-order valence-corrected chi connectivity index (χ3v) is 3.16. The number of oxime groups is 1. The molecular weight excluding hydrogens is 268 g/mol. The number of aromatic nitrogens is 1. The normalized spacial score (nSPS) is 11.8. The molecule has 0 unspecified atom stereocenters. The van der Waals surface area contributed by atoms with Crippen molar-refractivity contribution in [1.29, 1.82) is 0 Å². The molecule has 21 heavy (non-hydrogen) atoms. The van der Waals surface area contributed by atoms with Crippen LogP contribution in [0.5, 0.6) is 0 Å². The Hall–Kier alpha value is -2.82. The van der Waals surface area contributed by atoms with E-state index in [-0.39, 0.29) is 0 Å². The molecule has 2 heterocycles. The first-order chi connectivity index (χ1) is 10.2. The van der Waals surface area contributed by atoms with Gasteiger partial charge in [-0.2, -0.15) is 0 Å². The van der Waals surface area contributed by atoms with Gasteiger partial charge in [0.1, 0.15) is 0 Å². The van der Waals surface area contributed by atoms with Crippen LogP contribution in [0.25, 0.3) is 16.8 Å². The Kier molecular flexibility index (Phi) is 3.31. The first-order valence-corrected chi connectivity index (χ1v) is 6.53. The van der Waals surface area contributed by atoms with Gasteiger partial charge in [-0.1, -0.05) is 23.4 Å². The summed E-state index contributed by atoms with van der Waals surface area (Å²) in [5, 5.41) is 4.88. The highest BCUT2D eigenvalue weighted by atomic mass is 16.7. The molecule has 2 aromatic heterocycles. The molecule has 0 aliphatic rings. The van der Waals surface area contributed by atoms with Crippen LogP contribution in [0.1, 0.15) is 19.4 Å². The molecule has 1 aromatic carbocycles. The third-order valence-electron chi connectivity index (χ3n) is 3.16. The minimum absolute atomic E-state index is 0.441. The Balaban J connectivity index is 2.16. The van der Waals surface area contributed by atoms with Crippen molar-refractivity contribution in [3.63, 3.8) is 0 Å². The van der Waals surface area contributed by atoms with Crippen molar-refractivity contribution < 1.29 is 14.0 Å². The maximum Gasteiger partial charge on any atom is 0.331 e. The minimum Gasteiger partial charge on any atom is -0.448 e. The highest BCUT2D eigenvalue weighted by Crippen LogP contribution is 2.25. The second kappa shape index (κ2) is 5.28. The number of rotatable bonds is 3. The van der Waals surface area contributed by atoms with Crippen molar-refractivity contribution in [1.82, 2.24) is 4.57 Å². The van der Waals surface area contributed by atoms with Crippen molar-refractivity contribution in [3.8, 4) is 5.88 Å². The molecule has 0 aliphatic heterocycles. The molecule has 5 nitrogen and oxygen atoms in total. The van der Waals surface area contributed by atoms with E-state index in [0.717, 1.165) is 22.4 Å². The van der Waals surface area contributed by atoms with E-state index in [0.29, 0.717) is 5.71 Å². The molecule has 0 atom stereocenters. The Morgan fingerprint density at radius 2 is 2.00 bits per heavy atom. The van der Waals surface area contributed by atoms with Gasteiger partial charge >= 0.3 is 5.97 Å². The van der Waals surface area contributed by atoms with Crippen LogP contribution in [-0.4, -0.2) is 16.2 Å². The fourth-order valence-corrected chi connectivity index (χ4v) is 2.24. The summed E-state index contributed by atoms with van der Waals surface area (Å²) >= 11 is 0. The van der Waals surface area contributed by atoms with Crippen LogP contribution in [0, 0.1) is 0 Å². The quantitative estimate of drug-likeness (QED) is 0.419. The molecule has 0 bridgehead atoms. The lowest BCUT2D eigenvalue weighted by Crippen LogP contribution is -1.98. The van der Waals surface area contributed by atoms with Gasteiger partial charge in [-0.3, -0.25) is 4.57 Å². The van der Waals surface area contributed by atoms with Gasteiger partial charge in [-0.15, -0.1) is 0 Å². The predicted octanol–water partition coefficient (Wildman–Crippen LogP) is 3.51. The Labute approximate surface area is 121 Å².